The lowest BCUT2D eigenvalue weighted by Gasteiger charge is -2.26. The van der Waals surface area contributed by atoms with Crippen LogP contribution in [0.5, 0.6) is 5.75 Å². The number of nitrogens with zero attached hydrogens (tertiary/aromatic N) is 4. The van der Waals surface area contributed by atoms with Crippen molar-refractivity contribution >= 4 is 16.7 Å². The van der Waals surface area contributed by atoms with Crippen LogP contribution in [0.3, 0.4) is 0 Å². The van der Waals surface area contributed by atoms with Gasteiger partial charge in [-0.15, -0.1) is 0 Å². The fourth-order valence-corrected chi connectivity index (χ4v) is 6.07. The van der Waals surface area contributed by atoms with E-state index in [1.165, 1.54) is 35.9 Å². The van der Waals surface area contributed by atoms with Crippen LogP contribution >= 0.6 is 0 Å². The summed E-state index contributed by atoms with van der Waals surface area (Å²) in [5, 5.41) is 18.9. The maximum atomic E-state index is 15.3. The number of benzene rings is 3. The second kappa shape index (κ2) is 12.8. The van der Waals surface area contributed by atoms with E-state index in [-0.39, 0.29) is 31.4 Å². The standard InChI is InChI=1S/C31H34F4N4O4/c1-43-27-11-5-10-26-29(27)38(19-21-6-2-3-8-24(21)31(33,34)35)30(42)39(26)23-12-13-37(20-23)28-22(7-4-9-25(28)32)18-36(14-16-40)15-17-41/h2-11,23,40-41H,12-20H2,1H3/t23-/m1/s1. The number of imidazole rings is 1. The first-order valence-electron chi connectivity index (χ1n) is 14.1. The highest BCUT2D eigenvalue weighted by molar-refractivity contribution is 5.83. The van der Waals surface area contributed by atoms with E-state index in [0.717, 1.165) is 6.07 Å². The number of aliphatic hydroxyl groups is 2. The molecule has 0 spiro atoms. The van der Waals surface area contributed by atoms with Crippen LogP contribution in [-0.2, 0) is 19.3 Å². The Kier molecular flexibility index (Phi) is 9.09. The maximum absolute atomic E-state index is 15.3. The molecule has 0 bridgehead atoms. The maximum Gasteiger partial charge on any atom is 0.416 e. The number of alkyl halides is 3. The molecule has 2 heterocycles. The molecular weight excluding hydrogens is 568 g/mol. The summed E-state index contributed by atoms with van der Waals surface area (Å²) in [6.45, 7) is 1.14. The first-order chi connectivity index (χ1) is 20.7. The zero-order chi connectivity index (χ0) is 30.7. The quantitative estimate of drug-likeness (QED) is 0.250. The highest BCUT2D eigenvalue weighted by atomic mass is 19.4. The second-order valence-electron chi connectivity index (χ2n) is 10.6. The summed E-state index contributed by atoms with van der Waals surface area (Å²) in [6.07, 6.45) is -4.09. The molecule has 0 saturated carbocycles. The zero-order valence-corrected chi connectivity index (χ0v) is 23.7. The van der Waals surface area contributed by atoms with Gasteiger partial charge < -0.3 is 19.8 Å². The van der Waals surface area contributed by atoms with Crippen molar-refractivity contribution in [2.45, 2.75) is 31.7 Å². The zero-order valence-electron chi connectivity index (χ0n) is 23.7. The summed E-state index contributed by atoms with van der Waals surface area (Å²) in [7, 11) is 1.44. The van der Waals surface area contributed by atoms with Gasteiger partial charge in [-0.05, 0) is 41.8 Å². The fourth-order valence-electron chi connectivity index (χ4n) is 6.07. The van der Waals surface area contributed by atoms with E-state index < -0.39 is 23.2 Å². The number of anilines is 1. The third-order valence-electron chi connectivity index (χ3n) is 7.96. The minimum Gasteiger partial charge on any atom is -0.494 e. The van der Waals surface area contributed by atoms with Crippen LogP contribution in [0.4, 0.5) is 23.2 Å². The van der Waals surface area contributed by atoms with E-state index >= 15 is 4.39 Å². The minimum atomic E-state index is -4.59. The number of aromatic nitrogens is 2. The molecule has 5 rings (SSSR count). The number of methoxy groups -OCH3 is 1. The lowest BCUT2D eigenvalue weighted by atomic mass is 10.1. The number of rotatable bonds is 11. The summed E-state index contributed by atoms with van der Waals surface area (Å²) in [5.41, 5.74) is 0.651. The molecule has 230 valence electrons. The van der Waals surface area contributed by atoms with E-state index in [4.69, 9.17) is 4.74 Å². The first-order valence-corrected chi connectivity index (χ1v) is 14.1. The molecule has 12 heteroatoms. The molecule has 0 radical (unpaired) electrons. The number of ether oxygens (including phenoxy) is 1. The minimum absolute atomic E-state index is 0.0404. The molecule has 1 aliphatic heterocycles. The Hall–Kier alpha value is -3.87. The SMILES string of the molecule is COc1cccc2c1n(Cc1ccccc1C(F)(F)F)c(=O)n2[C@@H]1CCN(c2c(F)cccc2CN(CCO)CCO)C1. The van der Waals surface area contributed by atoms with Gasteiger partial charge in [0, 0.05) is 32.7 Å². The highest BCUT2D eigenvalue weighted by Gasteiger charge is 2.35. The van der Waals surface area contributed by atoms with Crippen LogP contribution < -0.4 is 15.3 Å². The lowest BCUT2D eigenvalue weighted by molar-refractivity contribution is -0.138. The van der Waals surface area contributed by atoms with E-state index in [9.17, 15) is 28.2 Å². The number of aliphatic hydroxyl groups excluding tert-OH is 2. The van der Waals surface area contributed by atoms with Gasteiger partial charge in [-0.25, -0.2) is 9.18 Å². The topological polar surface area (TPSA) is 83.1 Å². The monoisotopic (exact) mass is 602 g/mol. The molecule has 1 fully saturated rings. The molecule has 43 heavy (non-hydrogen) atoms. The summed E-state index contributed by atoms with van der Waals surface area (Å²) in [5.74, 6) is -0.0664. The molecule has 0 amide bonds. The number of halogens is 4. The van der Waals surface area contributed by atoms with Gasteiger partial charge in [0.15, 0.2) is 0 Å². The molecule has 4 aromatic rings. The normalized spacial score (nSPS) is 15.6. The molecule has 0 unspecified atom stereocenters. The van der Waals surface area contributed by atoms with E-state index in [1.807, 2.05) is 9.80 Å². The average molecular weight is 603 g/mol. The van der Waals surface area contributed by atoms with Crippen molar-refractivity contribution < 1.29 is 32.5 Å². The van der Waals surface area contributed by atoms with E-state index in [1.54, 1.807) is 34.9 Å². The predicted molar refractivity (Wildman–Crippen MR) is 155 cm³/mol. The average Bonchev–Trinajstić information content (AvgIpc) is 3.55. The summed E-state index contributed by atoms with van der Waals surface area (Å²) in [6, 6.07) is 14.7. The van der Waals surface area contributed by atoms with Crippen molar-refractivity contribution in [2.75, 3.05) is 51.4 Å². The molecule has 8 nitrogen and oxygen atoms in total. The lowest BCUT2D eigenvalue weighted by Crippen LogP contribution is -2.32. The van der Waals surface area contributed by atoms with Gasteiger partial charge in [-0.3, -0.25) is 14.0 Å². The summed E-state index contributed by atoms with van der Waals surface area (Å²) in [4.78, 5) is 17.7. The third kappa shape index (κ3) is 6.13. The van der Waals surface area contributed by atoms with Crippen LogP contribution in [-0.4, -0.2) is 70.7 Å². The molecule has 1 aliphatic rings. The molecule has 1 saturated heterocycles. The van der Waals surface area contributed by atoms with Gasteiger partial charge in [0.2, 0.25) is 0 Å². The third-order valence-corrected chi connectivity index (χ3v) is 7.96. The number of fused-ring (bicyclic) bond motifs is 1. The Bertz CT molecular complexity index is 1630. The Morgan fingerprint density at radius 3 is 2.37 bits per heavy atom. The van der Waals surface area contributed by atoms with Crippen LogP contribution in [0, 0.1) is 5.82 Å². The second-order valence-corrected chi connectivity index (χ2v) is 10.6. The van der Waals surface area contributed by atoms with Crippen molar-refractivity contribution in [1.82, 2.24) is 14.0 Å². The van der Waals surface area contributed by atoms with Crippen LogP contribution in [0.15, 0.2) is 65.5 Å². The van der Waals surface area contributed by atoms with E-state index in [0.29, 0.717) is 67.2 Å². The van der Waals surface area contributed by atoms with Gasteiger partial charge in [0.1, 0.15) is 17.1 Å². The van der Waals surface area contributed by atoms with Crippen molar-refractivity contribution in [1.29, 1.82) is 0 Å². The highest BCUT2D eigenvalue weighted by Crippen LogP contribution is 2.36. The van der Waals surface area contributed by atoms with Gasteiger partial charge in [-0.2, -0.15) is 13.2 Å². The summed E-state index contributed by atoms with van der Waals surface area (Å²) >= 11 is 0. The van der Waals surface area contributed by atoms with Crippen LogP contribution in [0.2, 0.25) is 0 Å². The molecule has 1 atom stereocenters. The van der Waals surface area contributed by atoms with Crippen LogP contribution in [0.25, 0.3) is 11.0 Å². The molecule has 2 N–H and O–H groups in total. The molecule has 0 aliphatic carbocycles. The first kappa shape index (κ1) is 30.6. The van der Waals surface area contributed by atoms with Crippen molar-refractivity contribution in [3.63, 3.8) is 0 Å². The Morgan fingerprint density at radius 1 is 0.977 bits per heavy atom. The molecule has 3 aromatic carbocycles. The Balaban J connectivity index is 1.53. The Morgan fingerprint density at radius 2 is 1.67 bits per heavy atom. The Labute approximate surface area is 245 Å². The number of hydrogen-bond donors (Lipinski definition) is 2. The van der Waals surface area contributed by atoms with Gasteiger partial charge >= 0.3 is 11.9 Å². The van der Waals surface area contributed by atoms with E-state index in [2.05, 4.69) is 0 Å². The van der Waals surface area contributed by atoms with Crippen molar-refractivity contribution in [2.24, 2.45) is 0 Å². The smallest absolute Gasteiger partial charge is 0.416 e. The predicted octanol–water partition coefficient (Wildman–Crippen LogP) is 4.26. The van der Waals surface area contributed by atoms with Gasteiger partial charge in [0.05, 0.1) is 49.7 Å². The van der Waals surface area contributed by atoms with Crippen molar-refractivity contribution in [3.8, 4) is 5.75 Å². The largest absolute Gasteiger partial charge is 0.494 e. The molecular formula is C31H34F4N4O4. The van der Waals surface area contributed by atoms with Gasteiger partial charge in [0.25, 0.3) is 0 Å². The van der Waals surface area contributed by atoms with Crippen molar-refractivity contribution in [3.05, 3.63) is 93.7 Å². The van der Waals surface area contributed by atoms with Crippen LogP contribution in [0.1, 0.15) is 29.2 Å². The van der Waals surface area contributed by atoms with Gasteiger partial charge in [-0.1, -0.05) is 36.4 Å². The molecule has 1 aromatic heterocycles. The number of hydrogen-bond acceptors (Lipinski definition) is 6. The number of para-hydroxylation sites is 2. The summed E-state index contributed by atoms with van der Waals surface area (Å²) < 4.78 is 65.2. The fraction of sp³-hybridized carbons (Fsp3) is 0.387.